The van der Waals surface area contributed by atoms with Crippen molar-refractivity contribution < 1.29 is 24.4 Å². The lowest BCUT2D eigenvalue weighted by atomic mass is 9.94. The Hall–Kier alpha value is -5.10. The number of nitrogens with one attached hydrogen (secondary N) is 2. The van der Waals surface area contributed by atoms with E-state index in [4.69, 9.17) is 37.4 Å². The number of ether oxygens (including phenoxy) is 3. The van der Waals surface area contributed by atoms with Gasteiger partial charge in [0.25, 0.3) is 0 Å². The number of phenolic OH excluding ortho intramolecular Hbond substituents is 2. The average molecular weight is 814 g/mol. The van der Waals surface area contributed by atoms with E-state index in [0.717, 1.165) is 73.9 Å². The number of halogens is 2. The Kier molecular flexibility index (Phi) is 13.1. The number of benzene rings is 4. The van der Waals surface area contributed by atoms with Gasteiger partial charge in [-0.1, -0.05) is 48.2 Å². The average Bonchev–Trinajstić information content (AvgIpc) is 3.16. The fourth-order valence-electron chi connectivity index (χ4n) is 7.27. The van der Waals surface area contributed by atoms with Crippen LogP contribution in [0.1, 0.15) is 77.3 Å². The number of methoxy groups -OCH3 is 2. The lowest BCUT2D eigenvalue weighted by Gasteiger charge is -2.36. The fraction of sp³-hybridized carbons (Fsp3) is 0.364. The number of hydrogen-bond acceptors (Lipinski definition) is 11. The maximum Gasteiger partial charge on any atom is 0.162 e. The van der Waals surface area contributed by atoms with E-state index in [2.05, 4.69) is 58.3 Å². The Labute approximate surface area is 343 Å². The predicted molar refractivity (Wildman–Crippen MR) is 229 cm³/mol. The molecule has 0 radical (unpaired) electrons. The quantitative estimate of drug-likeness (QED) is 0.0616. The van der Waals surface area contributed by atoms with Crippen LogP contribution in [0.25, 0.3) is 21.8 Å². The summed E-state index contributed by atoms with van der Waals surface area (Å²) < 4.78 is 17.3. The van der Waals surface area contributed by atoms with E-state index < -0.39 is 0 Å². The number of rotatable bonds is 18. The summed E-state index contributed by atoms with van der Waals surface area (Å²) in [5, 5.41) is 30.3. The van der Waals surface area contributed by atoms with E-state index >= 15 is 0 Å². The van der Waals surface area contributed by atoms with Gasteiger partial charge in [0.1, 0.15) is 24.3 Å². The molecule has 0 saturated carbocycles. The smallest absolute Gasteiger partial charge is 0.162 e. The highest BCUT2D eigenvalue weighted by molar-refractivity contribution is 6.31. The zero-order valence-corrected chi connectivity index (χ0v) is 34.8. The van der Waals surface area contributed by atoms with Crippen LogP contribution >= 0.6 is 23.2 Å². The van der Waals surface area contributed by atoms with E-state index in [1.165, 1.54) is 26.9 Å². The first-order valence-corrected chi connectivity index (χ1v) is 19.8. The summed E-state index contributed by atoms with van der Waals surface area (Å²) in [4.78, 5) is 17.6. The molecule has 0 aliphatic heterocycles. The van der Waals surface area contributed by atoms with Crippen LogP contribution in [0.5, 0.6) is 23.0 Å². The van der Waals surface area contributed by atoms with Crippen molar-refractivity contribution in [3.05, 3.63) is 94.5 Å². The van der Waals surface area contributed by atoms with Crippen LogP contribution in [0.4, 0.5) is 23.0 Å². The molecule has 0 amide bonds. The van der Waals surface area contributed by atoms with Crippen molar-refractivity contribution in [1.82, 2.24) is 19.9 Å². The first kappa shape index (κ1) is 41.5. The molecule has 0 unspecified atom stereocenters. The number of unbranched alkanes of at least 4 members (excludes halogenated alkanes) is 2. The third-order valence-corrected chi connectivity index (χ3v) is 10.5. The van der Waals surface area contributed by atoms with Crippen molar-refractivity contribution >= 4 is 68.0 Å². The van der Waals surface area contributed by atoms with Crippen LogP contribution < -0.4 is 20.1 Å². The van der Waals surface area contributed by atoms with Gasteiger partial charge in [0, 0.05) is 44.3 Å². The summed E-state index contributed by atoms with van der Waals surface area (Å²) in [7, 11) is 3.01. The largest absolute Gasteiger partial charge is 0.504 e. The molecule has 0 atom stereocenters. The number of hydrogen-bond donors (Lipinski definition) is 4. The molecule has 57 heavy (non-hydrogen) atoms. The van der Waals surface area contributed by atoms with Gasteiger partial charge in [0.05, 0.1) is 36.5 Å². The zero-order chi connectivity index (χ0) is 40.7. The molecule has 2 heterocycles. The Morgan fingerprint density at radius 1 is 0.579 bits per heavy atom. The van der Waals surface area contributed by atoms with Gasteiger partial charge in [-0.05, 0) is 114 Å². The minimum Gasteiger partial charge on any atom is -0.504 e. The summed E-state index contributed by atoms with van der Waals surface area (Å²) in [5.74, 6) is 1.88. The van der Waals surface area contributed by atoms with Crippen LogP contribution in [0, 0.1) is 0 Å². The van der Waals surface area contributed by atoms with Gasteiger partial charge in [-0.25, -0.2) is 19.9 Å². The fourth-order valence-corrected chi connectivity index (χ4v) is 7.62. The van der Waals surface area contributed by atoms with Crippen molar-refractivity contribution in [3.63, 3.8) is 0 Å². The lowest BCUT2D eigenvalue weighted by Crippen LogP contribution is -2.37. The molecular weight excluding hydrogens is 763 g/mol. The number of aromatic hydroxyl groups is 2. The number of anilines is 4. The second-order valence-corrected chi connectivity index (χ2v) is 16.3. The Balaban J connectivity index is 1.00. The van der Waals surface area contributed by atoms with Crippen LogP contribution in [0.15, 0.2) is 73.3 Å². The third-order valence-electron chi connectivity index (χ3n) is 10.0. The van der Waals surface area contributed by atoms with Crippen LogP contribution in [0.3, 0.4) is 0 Å². The highest BCUT2D eigenvalue weighted by Crippen LogP contribution is 2.37. The molecule has 13 heteroatoms. The molecule has 6 rings (SSSR count). The van der Waals surface area contributed by atoms with Gasteiger partial charge in [-0.2, -0.15) is 0 Å². The summed E-state index contributed by atoms with van der Waals surface area (Å²) in [6.45, 7) is 8.69. The molecule has 0 spiro atoms. The molecule has 300 valence electrons. The molecule has 0 aliphatic carbocycles. The second kappa shape index (κ2) is 18.0. The van der Waals surface area contributed by atoms with Crippen LogP contribution in [-0.2, 0) is 17.6 Å². The van der Waals surface area contributed by atoms with E-state index in [1.807, 2.05) is 36.4 Å². The van der Waals surface area contributed by atoms with Gasteiger partial charge in [0.2, 0.25) is 0 Å². The van der Waals surface area contributed by atoms with Crippen molar-refractivity contribution in [2.45, 2.75) is 90.3 Å². The molecule has 0 saturated heterocycles. The van der Waals surface area contributed by atoms with E-state index in [1.54, 1.807) is 24.3 Å². The van der Waals surface area contributed by atoms with Crippen molar-refractivity contribution in [1.29, 1.82) is 0 Å². The summed E-state index contributed by atoms with van der Waals surface area (Å²) in [6.07, 6.45) is 10.4. The van der Waals surface area contributed by atoms with Gasteiger partial charge in [-0.3, -0.25) is 0 Å². The number of aromatic nitrogens is 4. The first-order chi connectivity index (χ1) is 27.2. The van der Waals surface area contributed by atoms with E-state index in [0.29, 0.717) is 55.0 Å². The minimum atomic E-state index is -0.306. The van der Waals surface area contributed by atoms with Gasteiger partial charge in [-0.15, -0.1) is 0 Å². The summed E-state index contributed by atoms with van der Waals surface area (Å²) in [6, 6.07) is 18.3. The molecule has 11 nitrogen and oxygen atoms in total. The molecule has 4 N–H and O–H groups in total. The molecule has 6 aromatic rings. The molecule has 0 fully saturated rings. The van der Waals surface area contributed by atoms with Crippen LogP contribution in [0.2, 0.25) is 10.0 Å². The molecular formula is C44H50Cl2N6O5. The lowest BCUT2D eigenvalue weighted by molar-refractivity contribution is -0.130. The maximum absolute atomic E-state index is 10.4. The van der Waals surface area contributed by atoms with Crippen molar-refractivity contribution in [2.75, 3.05) is 24.9 Å². The summed E-state index contributed by atoms with van der Waals surface area (Å²) in [5.41, 5.74) is 4.65. The summed E-state index contributed by atoms with van der Waals surface area (Å²) >= 11 is 12.9. The monoisotopic (exact) mass is 812 g/mol. The predicted octanol–water partition coefficient (Wildman–Crippen LogP) is 11.5. The number of fused-ring (bicyclic) bond motifs is 2. The van der Waals surface area contributed by atoms with E-state index in [-0.39, 0.29) is 22.7 Å². The molecule has 0 aliphatic rings. The first-order valence-electron chi connectivity index (χ1n) is 19.1. The van der Waals surface area contributed by atoms with Crippen LogP contribution in [-0.4, -0.2) is 55.6 Å². The highest BCUT2D eigenvalue weighted by Gasteiger charge is 2.28. The SMILES string of the molecule is COc1cc2ncnc(Nc3cc(Cl)ccc3CCCCC(C)(C)OC(C)(C)CCCCc3ccc(Cl)cc3Nc3ncnc4cc(OC)c(O)cc34)c2cc1O. The standard InChI is InChI=1S/C44H50Cl2N6O5/c1-43(2,17-9-7-11-27-13-15-29(45)19-33(27)51-41-31-21-37(53)39(55-5)23-35(31)47-25-49-41)57-44(3,4)18-10-8-12-28-14-16-30(46)20-34(28)52-42-32-22-38(54)40(56-6)24-36(32)48-26-50-42/h13-16,19-26,53-54H,7-12,17-18H2,1-6H3,(H,47,49,51)(H,48,50,52). The molecule has 4 aromatic carbocycles. The van der Waals surface area contributed by atoms with Crippen molar-refractivity contribution in [2.24, 2.45) is 0 Å². The van der Waals surface area contributed by atoms with Gasteiger partial charge < -0.3 is 35.1 Å². The van der Waals surface area contributed by atoms with E-state index in [9.17, 15) is 10.2 Å². The zero-order valence-electron chi connectivity index (χ0n) is 33.2. The Bertz CT molecular complexity index is 2190. The highest BCUT2D eigenvalue weighted by atomic mass is 35.5. The normalized spacial score (nSPS) is 11.9. The van der Waals surface area contributed by atoms with Gasteiger partial charge >= 0.3 is 0 Å². The minimum absolute atomic E-state index is 0.0158. The van der Waals surface area contributed by atoms with Crippen molar-refractivity contribution in [3.8, 4) is 23.0 Å². The molecule has 2 aromatic heterocycles. The maximum atomic E-state index is 10.4. The Morgan fingerprint density at radius 3 is 1.40 bits per heavy atom. The third kappa shape index (κ3) is 10.7. The van der Waals surface area contributed by atoms with Gasteiger partial charge in [0.15, 0.2) is 23.0 Å². The second-order valence-electron chi connectivity index (χ2n) is 15.4. The number of nitrogens with zero attached hydrogens (tertiary/aromatic N) is 4. The number of aryl methyl sites for hydroxylation is 2. The molecule has 0 bridgehead atoms. The number of phenols is 2. The Morgan fingerprint density at radius 2 is 1.00 bits per heavy atom. The topological polar surface area (TPSA) is 144 Å².